The van der Waals surface area contributed by atoms with Crippen LogP contribution in [0.25, 0.3) is 0 Å². The van der Waals surface area contributed by atoms with Gasteiger partial charge in [0.25, 0.3) is 0 Å². The van der Waals surface area contributed by atoms with Crippen molar-refractivity contribution in [2.24, 2.45) is 5.73 Å². The molecule has 0 saturated heterocycles. The number of benzene rings is 2. The minimum atomic E-state index is -0.314. The number of nitrogens with two attached hydrogens (primary N) is 1. The molecule has 0 amide bonds. The summed E-state index contributed by atoms with van der Waals surface area (Å²) in [5, 5.41) is 0.506. The van der Waals surface area contributed by atoms with Gasteiger partial charge in [-0.2, -0.15) is 0 Å². The van der Waals surface area contributed by atoms with E-state index in [1.54, 1.807) is 6.07 Å². The molecule has 0 bridgehead atoms. The SMILES string of the molecule is N[C@@H]1CCCc2ccc(OCc3cc(F)ccc3Cl)cc21. The summed E-state index contributed by atoms with van der Waals surface area (Å²) in [7, 11) is 0. The molecule has 0 radical (unpaired) electrons. The lowest BCUT2D eigenvalue weighted by Crippen LogP contribution is -2.17. The van der Waals surface area contributed by atoms with Crippen molar-refractivity contribution in [3.8, 4) is 5.75 Å². The predicted octanol–water partition coefficient (Wildman–Crippen LogP) is 4.39. The molecule has 0 aromatic heterocycles. The lowest BCUT2D eigenvalue weighted by molar-refractivity contribution is 0.304. The number of rotatable bonds is 3. The maximum absolute atomic E-state index is 13.2. The maximum atomic E-state index is 13.2. The van der Waals surface area contributed by atoms with Gasteiger partial charge in [0, 0.05) is 16.6 Å². The van der Waals surface area contributed by atoms with Crippen molar-refractivity contribution in [1.82, 2.24) is 0 Å². The second kappa shape index (κ2) is 6.04. The minimum absolute atomic E-state index is 0.0788. The first-order valence-electron chi connectivity index (χ1n) is 7.08. The Hall–Kier alpha value is -1.58. The van der Waals surface area contributed by atoms with Crippen LogP contribution in [0.3, 0.4) is 0 Å². The lowest BCUT2D eigenvalue weighted by Gasteiger charge is -2.22. The van der Waals surface area contributed by atoms with E-state index < -0.39 is 0 Å². The Bertz CT molecular complexity index is 659. The number of halogens is 2. The Morgan fingerprint density at radius 2 is 2.10 bits per heavy atom. The third kappa shape index (κ3) is 3.20. The molecule has 2 aromatic rings. The van der Waals surface area contributed by atoms with Gasteiger partial charge in [0.15, 0.2) is 0 Å². The van der Waals surface area contributed by atoms with Crippen molar-refractivity contribution in [1.29, 1.82) is 0 Å². The normalized spacial score (nSPS) is 17.4. The number of aryl methyl sites for hydroxylation is 1. The summed E-state index contributed by atoms with van der Waals surface area (Å²) < 4.78 is 19.0. The van der Waals surface area contributed by atoms with E-state index in [1.807, 2.05) is 12.1 Å². The fourth-order valence-corrected chi connectivity index (χ4v) is 2.89. The summed E-state index contributed by atoms with van der Waals surface area (Å²) in [6.45, 7) is 0.241. The van der Waals surface area contributed by atoms with Gasteiger partial charge in [-0.3, -0.25) is 0 Å². The molecule has 0 fully saturated rings. The standard InChI is InChI=1S/C17H17ClFNO/c18-16-7-5-13(19)8-12(16)10-21-14-6-4-11-2-1-3-17(20)15(11)9-14/h4-9,17H,1-3,10,20H2/t17-/m1/s1. The zero-order valence-corrected chi connectivity index (χ0v) is 12.4. The van der Waals surface area contributed by atoms with E-state index in [2.05, 4.69) is 6.07 Å². The van der Waals surface area contributed by atoms with Gasteiger partial charge < -0.3 is 10.5 Å². The van der Waals surface area contributed by atoms with E-state index in [0.29, 0.717) is 10.6 Å². The van der Waals surface area contributed by atoms with Gasteiger partial charge in [-0.25, -0.2) is 4.39 Å². The third-order valence-corrected chi connectivity index (χ3v) is 4.25. The Morgan fingerprint density at radius 3 is 2.95 bits per heavy atom. The van der Waals surface area contributed by atoms with E-state index in [1.165, 1.54) is 17.7 Å². The molecular formula is C17H17ClFNO. The van der Waals surface area contributed by atoms with Crippen molar-refractivity contribution in [2.45, 2.75) is 31.9 Å². The molecule has 0 unspecified atom stereocenters. The van der Waals surface area contributed by atoms with Gasteiger partial charge in [0.2, 0.25) is 0 Å². The quantitative estimate of drug-likeness (QED) is 0.912. The monoisotopic (exact) mass is 305 g/mol. The van der Waals surface area contributed by atoms with Crippen LogP contribution in [0.1, 0.15) is 35.6 Å². The lowest BCUT2D eigenvalue weighted by atomic mass is 9.88. The fraction of sp³-hybridized carbons (Fsp3) is 0.294. The molecular weight excluding hydrogens is 289 g/mol. The Balaban J connectivity index is 1.76. The smallest absolute Gasteiger partial charge is 0.123 e. The Labute approximate surface area is 128 Å². The maximum Gasteiger partial charge on any atom is 0.123 e. The summed E-state index contributed by atoms with van der Waals surface area (Å²) in [4.78, 5) is 0. The topological polar surface area (TPSA) is 35.2 Å². The molecule has 3 rings (SSSR count). The van der Waals surface area contributed by atoms with Crippen LogP contribution in [0, 0.1) is 5.82 Å². The highest BCUT2D eigenvalue weighted by Crippen LogP contribution is 2.31. The molecule has 0 saturated carbocycles. The van der Waals surface area contributed by atoms with Gasteiger partial charge in [-0.05, 0) is 60.7 Å². The molecule has 0 spiro atoms. The fourth-order valence-electron chi connectivity index (χ4n) is 2.72. The van der Waals surface area contributed by atoms with Crippen molar-refractivity contribution in [3.63, 3.8) is 0 Å². The van der Waals surface area contributed by atoms with Crippen LogP contribution in [-0.4, -0.2) is 0 Å². The van der Waals surface area contributed by atoms with Gasteiger partial charge >= 0.3 is 0 Å². The van der Waals surface area contributed by atoms with Gasteiger partial charge in [-0.15, -0.1) is 0 Å². The van der Waals surface area contributed by atoms with Crippen LogP contribution in [-0.2, 0) is 13.0 Å². The van der Waals surface area contributed by atoms with E-state index in [4.69, 9.17) is 22.1 Å². The number of hydrogen-bond acceptors (Lipinski definition) is 2. The molecule has 2 nitrogen and oxygen atoms in total. The van der Waals surface area contributed by atoms with Crippen LogP contribution in [0.4, 0.5) is 4.39 Å². The second-order valence-electron chi connectivity index (χ2n) is 5.38. The number of fused-ring (bicyclic) bond motifs is 1. The van der Waals surface area contributed by atoms with Crippen LogP contribution in [0.15, 0.2) is 36.4 Å². The number of ether oxygens (including phenoxy) is 1. The highest BCUT2D eigenvalue weighted by molar-refractivity contribution is 6.31. The van der Waals surface area contributed by atoms with Gasteiger partial charge in [-0.1, -0.05) is 17.7 Å². The highest BCUT2D eigenvalue weighted by atomic mass is 35.5. The zero-order chi connectivity index (χ0) is 14.8. The molecule has 21 heavy (non-hydrogen) atoms. The first-order chi connectivity index (χ1) is 10.1. The van der Waals surface area contributed by atoms with Gasteiger partial charge in [0.1, 0.15) is 18.2 Å². The van der Waals surface area contributed by atoms with Crippen LogP contribution >= 0.6 is 11.6 Å². The Morgan fingerprint density at radius 1 is 1.24 bits per heavy atom. The first kappa shape index (κ1) is 14.4. The summed E-state index contributed by atoms with van der Waals surface area (Å²) >= 11 is 6.03. The average molecular weight is 306 g/mol. The molecule has 4 heteroatoms. The summed E-state index contributed by atoms with van der Waals surface area (Å²) in [6.07, 6.45) is 3.21. The average Bonchev–Trinajstić information content (AvgIpc) is 2.49. The van der Waals surface area contributed by atoms with E-state index in [-0.39, 0.29) is 18.5 Å². The first-order valence-corrected chi connectivity index (χ1v) is 7.46. The van der Waals surface area contributed by atoms with Gasteiger partial charge in [0.05, 0.1) is 0 Å². The third-order valence-electron chi connectivity index (χ3n) is 3.88. The van der Waals surface area contributed by atoms with Crippen molar-refractivity contribution in [2.75, 3.05) is 0 Å². The predicted molar refractivity (Wildman–Crippen MR) is 82.1 cm³/mol. The summed E-state index contributed by atoms with van der Waals surface area (Å²) in [6, 6.07) is 10.3. The zero-order valence-electron chi connectivity index (χ0n) is 11.6. The van der Waals surface area contributed by atoms with Crippen molar-refractivity contribution >= 4 is 11.6 Å². The molecule has 1 aliphatic carbocycles. The van der Waals surface area contributed by atoms with Crippen LogP contribution in [0.5, 0.6) is 5.75 Å². The van der Waals surface area contributed by atoms with Crippen molar-refractivity contribution < 1.29 is 9.13 Å². The molecule has 1 aliphatic rings. The van der Waals surface area contributed by atoms with Crippen molar-refractivity contribution in [3.05, 3.63) is 63.9 Å². The molecule has 2 aromatic carbocycles. The van der Waals surface area contributed by atoms with Crippen LogP contribution < -0.4 is 10.5 Å². The number of hydrogen-bond donors (Lipinski definition) is 1. The summed E-state index contributed by atoms with van der Waals surface area (Å²) in [5.41, 5.74) is 9.23. The van der Waals surface area contributed by atoms with E-state index in [0.717, 1.165) is 30.6 Å². The van der Waals surface area contributed by atoms with E-state index >= 15 is 0 Å². The van der Waals surface area contributed by atoms with E-state index in [9.17, 15) is 4.39 Å². The molecule has 2 N–H and O–H groups in total. The van der Waals surface area contributed by atoms with Crippen LogP contribution in [0.2, 0.25) is 5.02 Å². The molecule has 1 atom stereocenters. The molecule has 110 valence electrons. The second-order valence-corrected chi connectivity index (χ2v) is 5.79. The minimum Gasteiger partial charge on any atom is -0.489 e. The largest absolute Gasteiger partial charge is 0.489 e. The Kier molecular flexibility index (Phi) is 4.13. The molecule has 0 aliphatic heterocycles. The molecule has 0 heterocycles. The summed E-state index contributed by atoms with van der Waals surface area (Å²) in [5.74, 6) is 0.428. The highest BCUT2D eigenvalue weighted by Gasteiger charge is 2.17.